The van der Waals surface area contributed by atoms with Crippen LogP contribution >= 0.6 is 0 Å². The molecule has 0 fully saturated rings. The Morgan fingerprint density at radius 1 is 1.62 bits per heavy atom. The topological polar surface area (TPSA) is 29.9 Å². The van der Waals surface area contributed by atoms with Crippen LogP contribution in [0.2, 0.25) is 0 Å². The van der Waals surface area contributed by atoms with Gasteiger partial charge in [-0.1, -0.05) is 0 Å². The molecule has 0 bridgehead atoms. The molecule has 2 heterocycles. The summed E-state index contributed by atoms with van der Waals surface area (Å²) in [6.45, 7) is 1.32. The lowest BCUT2D eigenvalue weighted by Gasteiger charge is -2.14. The third-order valence-corrected chi connectivity index (χ3v) is 2.20. The van der Waals surface area contributed by atoms with Crippen molar-refractivity contribution < 1.29 is 8.78 Å². The SMILES string of the molecule is FC(F)Cn1cnc2c1CCNC2. The number of halogens is 2. The van der Waals surface area contributed by atoms with Crippen molar-refractivity contribution in [2.45, 2.75) is 25.9 Å². The maximum Gasteiger partial charge on any atom is 0.256 e. The molecule has 0 radical (unpaired) electrons. The van der Waals surface area contributed by atoms with Crippen molar-refractivity contribution >= 4 is 0 Å². The lowest BCUT2D eigenvalue weighted by molar-refractivity contribution is 0.125. The van der Waals surface area contributed by atoms with Gasteiger partial charge < -0.3 is 9.88 Å². The molecular formula is C8H11F2N3. The molecule has 1 aromatic rings. The van der Waals surface area contributed by atoms with Crippen LogP contribution in [0.5, 0.6) is 0 Å². The molecule has 0 spiro atoms. The summed E-state index contributed by atoms with van der Waals surface area (Å²) in [5, 5.41) is 3.14. The fourth-order valence-corrected chi connectivity index (χ4v) is 1.60. The first-order valence-electron chi connectivity index (χ1n) is 4.29. The minimum absolute atomic E-state index is 0.234. The first-order valence-corrected chi connectivity index (χ1v) is 4.29. The standard InChI is InChI=1S/C8H11F2N3/c9-8(10)4-13-5-12-6-3-11-2-1-7(6)13/h5,8,11H,1-4H2. The van der Waals surface area contributed by atoms with Crippen molar-refractivity contribution in [2.24, 2.45) is 0 Å². The van der Waals surface area contributed by atoms with E-state index < -0.39 is 6.43 Å². The Morgan fingerprint density at radius 2 is 2.46 bits per heavy atom. The van der Waals surface area contributed by atoms with Crippen molar-refractivity contribution in [3.63, 3.8) is 0 Å². The van der Waals surface area contributed by atoms with Crippen LogP contribution < -0.4 is 5.32 Å². The van der Waals surface area contributed by atoms with Gasteiger partial charge in [-0.3, -0.25) is 0 Å². The van der Waals surface area contributed by atoms with E-state index in [4.69, 9.17) is 0 Å². The van der Waals surface area contributed by atoms with E-state index in [9.17, 15) is 8.78 Å². The molecule has 1 aliphatic rings. The highest BCUT2D eigenvalue weighted by atomic mass is 19.3. The summed E-state index contributed by atoms with van der Waals surface area (Å²) in [4.78, 5) is 4.08. The molecular weight excluding hydrogens is 176 g/mol. The second kappa shape index (κ2) is 3.41. The summed E-state index contributed by atoms with van der Waals surface area (Å²) in [5.74, 6) is 0. The van der Waals surface area contributed by atoms with Gasteiger partial charge in [0.2, 0.25) is 0 Å². The number of alkyl halides is 2. The number of fused-ring (bicyclic) bond motifs is 1. The minimum atomic E-state index is -2.30. The van der Waals surface area contributed by atoms with Gasteiger partial charge in [0.25, 0.3) is 6.43 Å². The molecule has 1 N–H and O–H groups in total. The zero-order chi connectivity index (χ0) is 9.26. The zero-order valence-electron chi connectivity index (χ0n) is 7.13. The summed E-state index contributed by atoms with van der Waals surface area (Å²) in [6, 6.07) is 0. The highest BCUT2D eigenvalue weighted by Crippen LogP contribution is 2.13. The molecule has 1 aromatic heterocycles. The highest BCUT2D eigenvalue weighted by molar-refractivity contribution is 5.16. The Hall–Kier alpha value is -0.970. The molecule has 3 nitrogen and oxygen atoms in total. The molecule has 0 atom stereocenters. The third-order valence-electron chi connectivity index (χ3n) is 2.20. The normalized spacial score (nSPS) is 16.2. The fraction of sp³-hybridized carbons (Fsp3) is 0.625. The average Bonchev–Trinajstić information content (AvgIpc) is 2.48. The van der Waals surface area contributed by atoms with Crippen LogP contribution in [0.25, 0.3) is 0 Å². The largest absolute Gasteiger partial charge is 0.328 e. The number of rotatable bonds is 2. The maximum absolute atomic E-state index is 12.1. The first-order chi connectivity index (χ1) is 6.27. The van der Waals surface area contributed by atoms with E-state index in [0.717, 1.165) is 24.4 Å². The molecule has 72 valence electrons. The monoisotopic (exact) mass is 187 g/mol. The van der Waals surface area contributed by atoms with E-state index in [-0.39, 0.29) is 6.54 Å². The highest BCUT2D eigenvalue weighted by Gasteiger charge is 2.16. The molecule has 0 aliphatic carbocycles. The zero-order valence-corrected chi connectivity index (χ0v) is 7.13. The number of nitrogens with one attached hydrogen (secondary N) is 1. The minimum Gasteiger partial charge on any atom is -0.328 e. The Bertz CT molecular complexity index is 296. The van der Waals surface area contributed by atoms with Crippen LogP contribution in [0.1, 0.15) is 11.4 Å². The van der Waals surface area contributed by atoms with Crippen molar-refractivity contribution in [1.82, 2.24) is 14.9 Å². The Morgan fingerprint density at radius 3 is 3.23 bits per heavy atom. The Balaban J connectivity index is 2.21. The van der Waals surface area contributed by atoms with E-state index in [1.165, 1.54) is 6.33 Å². The smallest absolute Gasteiger partial charge is 0.256 e. The van der Waals surface area contributed by atoms with Gasteiger partial charge in [0.05, 0.1) is 18.6 Å². The molecule has 0 unspecified atom stereocenters. The predicted octanol–water partition coefficient (Wildman–Crippen LogP) is 0.794. The van der Waals surface area contributed by atoms with E-state index in [0.29, 0.717) is 6.54 Å². The predicted molar refractivity (Wildman–Crippen MR) is 43.6 cm³/mol. The number of nitrogens with zero attached hydrogens (tertiary/aromatic N) is 2. The number of aromatic nitrogens is 2. The second-order valence-electron chi connectivity index (χ2n) is 3.11. The third kappa shape index (κ3) is 1.70. The van der Waals surface area contributed by atoms with Gasteiger partial charge in [-0.15, -0.1) is 0 Å². The molecule has 0 saturated carbocycles. The second-order valence-corrected chi connectivity index (χ2v) is 3.11. The molecule has 13 heavy (non-hydrogen) atoms. The first kappa shape index (κ1) is 8.62. The van der Waals surface area contributed by atoms with Crippen LogP contribution in [-0.4, -0.2) is 22.5 Å². The molecule has 5 heteroatoms. The van der Waals surface area contributed by atoms with Crippen LogP contribution in [0.3, 0.4) is 0 Å². The summed E-state index contributed by atoms with van der Waals surface area (Å²) in [5.41, 5.74) is 1.87. The van der Waals surface area contributed by atoms with Crippen LogP contribution in [-0.2, 0) is 19.5 Å². The van der Waals surface area contributed by atoms with E-state index in [1.54, 1.807) is 4.57 Å². The van der Waals surface area contributed by atoms with Gasteiger partial charge in [-0.25, -0.2) is 13.8 Å². The number of imidazole rings is 1. The van der Waals surface area contributed by atoms with E-state index in [2.05, 4.69) is 10.3 Å². The lowest BCUT2D eigenvalue weighted by Crippen LogP contribution is -2.25. The van der Waals surface area contributed by atoms with E-state index >= 15 is 0 Å². The average molecular weight is 187 g/mol. The summed E-state index contributed by atoms with van der Waals surface area (Å²) in [7, 11) is 0. The van der Waals surface area contributed by atoms with Crippen molar-refractivity contribution in [1.29, 1.82) is 0 Å². The number of hydrogen-bond acceptors (Lipinski definition) is 2. The Kier molecular flexibility index (Phi) is 2.26. The van der Waals surface area contributed by atoms with Gasteiger partial charge in [-0.05, 0) is 0 Å². The van der Waals surface area contributed by atoms with Gasteiger partial charge >= 0.3 is 0 Å². The van der Waals surface area contributed by atoms with Crippen molar-refractivity contribution in [3.8, 4) is 0 Å². The van der Waals surface area contributed by atoms with Crippen molar-refractivity contribution in [3.05, 3.63) is 17.7 Å². The molecule has 1 aliphatic heterocycles. The van der Waals surface area contributed by atoms with Gasteiger partial charge in [0.1, 0.15) is 0 Å². The van der Waals surface area contributed by atoms with Crippen LogP contribution in [0, 0.1) is 0 Å². The Labute approximate surface area is 74.8 Å². The number of hydrogen-bond donors (Lipinski definition) is 1. The van der Waals surface area contributed by atoms with E-state index in [1.807, 2.05) is 0 Å². The summed E-state index contributed by atoms with van der Waals surface area (Å²) >= 11 is 0. The fourth-order valence-electron chi connectivity index (χ4n) is 1.60. The van der Waals surface area contributed by atoms with Gasteiger partial charge in [0, 0.05) is 25.2 Å². The van der Waals surface area contributed by atoms with Crippen LogP contribution in [0.15, 0.2) is 6.33 Å². The van der Waals surface area contributed by atoms with Gasteiger partial charge in [0.15, 0.2) is 0 Å². The molecule has 0 saturated heterocycles. The lowest BCUT2D eigenvalue weighted by atomic mass is 10.2. The molecule has 0 amide bonds. The molecule has 2 rings (SSSR count). The quantitative estimate of drug-likeness (QED) is 0.742. The van der Waals surface area contributed by atoms with Gasteiger partial charge in [-0.2, -0.15) is 0 Å². The maximum atomic E-state index is 12.1. The summed E-state index contributed by atoms with van der Waals surface area (Å²) < 4.78 is 25.8. The van der Waals surface area contributed by atoms with Crippen molar-refractivity contribution in [2.75, 3.05) is 6.54 Å². The summed E-state index contributed by atoms with van der Waals surface area (Å²) in [6.07, 6.45) is -0.000476. The van der Waals surface area contributed by atoms with Crippen LogP contribution in [0.4, 0.5) is 8.78 Å². The molecule has 0 aromatic carbocycles.